The van der Waals surface area contributed by atoms with Gasteiger partial charge in [-0.2, -0.15) is 4.79 Å². The summed E-state index contributed by atoms with van der Waals surface area (Å²) >= 11 is 6.06. The number of amides is 1. The van der Waals surface area contributed by atoms with Crippen molar-refractivity contribution in [2.45, 2.75) is 45.1 Å². The van der Waals surface area contributed by atoms with E-state index >= 15 is 0 Å². The van der Waals surface area contributed by atoms with Gasteiger partial charge in [-0.3, -0.25) is 0 Å². The second kappa shape index (κ2) is 6.69. The van der Waals surface area contributed by atoms with Gasteiger partial charge >= 0.3 is 12.1 Å². The van der Waals surface area contributed by atoms with Gasteiger partial charge in [-0.25, -0.2) is 4.79 Å². The first-order chi connectivity index (χ1) is 11.9. The van der Waals surface area contributed by atoms with Crippen LogP contribution in [-0.4, -0.2) is 29.8 Å². The molecule has 6 nitrogen and oxygen atoms in total. The number of carboxylic acid groups (broad SMARTS) is 1. The number of quaternary nitrogens is 1. The first kappa shape index (κ1) is 17.8. The molecule has 0 spiro atoms. The maximum Gasteiger partial charge on any atom is 0.524 e. The number of ether oxygens (including phenoxy) is 1. The summed E-state index contributed by atoms with van der Waals surface area (Å²) < 4.78 is 4.94. The maximum absolute atomic E-state index is 12.9. The average Bonchev–Trinajstić information content (AvgIpc) is 2.84. The highest BCUT2D eigenvalue weighted by Gasteiger charge is 2.55. The maximum atomic E-state index is 12.9. The summed E-state index contributed by atoms with van der Waals surface area (Å²) in [7, 11) is 0. The van der Waals surface area contributed by atoms with Gasteiger partial charge in [-0.15, -0.1) is 4.48 Å². The summed E-state index contributed by atoms with van der Waals surface area (Å²) in [6.07, 6.45) is 3.40. The normalized spacial score (nSPS) is 23.4. The molecule has 3 rings (SSSR count). The molecule has 1 unspecified atom stereocenters. The predicted octanol–water partition coefficient (Wildman–Crippen LogP) is 3.86. The van der Waals surface area contributed by atoms with Crippen LogP contribution >= 0.6 is 11.6 Å². The Hall–Kier alpha value is -2.05. The van der Waals surface area contributed by atoms with Crippen molar-refractivity contribution in [3.63, 3.8) is 0 Å². The zero-order valence-corrected chi connectivity index (χ0v) is 14.9. The number of carbonyl (C=O) groups is 2. The molecule has 1 heterocycles. The van der Waals surface area contributed by atoms with E-state index in [1.54, 1.807) is 25.1 Å². The molecule has 1 atom stereocenters. The zero-order valence-electron chi connectivity index (χ0n) is 14.1. The third kappa shape index (κ3) is 2.79. The summed E-state index contributed by atoms with van der Waals surface area (Å²) in [5, 5.41) is 10.4. The SMILES string of the molecule is CC[N+]1(C(=O)O)C(C(=O)OC2CCCCC2)=C(N)c2ccc(Cl)cc21. The first-order valence-corrected chi connectivity index (χ1v) is 8.93. The number of nitrogens with two attached hydrogens (primary N) is 1. The molecule has 1 aliphatic carbocycles. The number of rotatable bonds is 3. The van der Waals surface area contributed by atoms with Crippen molar-refractivity contribution in [1.29, 1.82) is 0 Å². The molecular formula is C18H22ClN2O4+. The number of fused-ring (bicyclic) bond motifs is 1. The lowest BCUT2D eigenvalue weighted by Gasteiger charge is -2.29. The van der Waals surface area contributed by atoms with Crippen molar-refractivity contribution in [3.05, 3.63) is 34.5 Å². The van der Waals surface area contributed by atoms with E-state index in [2.05, 4.69) is 0 Å². The van der Waals surface area contributed by atoms with E-state index in [1.807, 2.05) is 0 Å². The number of likely N-dealkylation sites (N-methyl/N-ethyl adjacent to an activating group) is 1. The van der Waals surface area contributed by atoms with E-state index in [4.69, 9.17) is 22.1 Å². The summed E-state index contributed by atoms with van der Waals surface area (Å²) in [4.78, 5) is 25.1. The highest BCUT2D eigenvalue weighted by atomic mass is 35.5. The Morgan fingerprint density at radius 2 is 2.00 bits per heavy atom. The zero-order chi connectivity index (χ0) is 18.2. The molecule has 25 heavy (non-hydrogen) atoms. The topological polar surface area (TPSA) is 89.6 Å². The fraction of sp³-hybridized carbons (Fsp3) is 0.444. The van der Waals surface area contributed by atoms with E-state index in [0.29, 0.717) is 16.3 Å². The Morgan fingerprint density at radius 1 is 1.32 bits per heavy atom. The van der Waals surface area contributed by atoms with Crippen LogP contribution in [0.2, 0.25) is 5.02 Å². The minimum atomic E-state index is -1.18. The number of esters is 1. The van der Waals surface area contributed by atoms with Gasteiger partial charge in [0.25, 0.3) is 5.70 Å². The van der Waals surface area contributed by atoms with Crippen molar-refractivity contribution in [2.24, 2.45) is 5.73 Å². The Kier molecular flexibility index (Phi) is 4.75. The molecule has 0 saturated heterocycles. The van der Waals surface area contributed by atoms with E-state index in [1.165, 1.54) is 0 Å². The summed E-state index contributed by atoms with van der Waals surface area (Å²) in [5.41, 5.74) is 7.23. The lowest BCUT2D eigenvalue weighted by Crippen LogP contribution is -2.53. The van der Waals surface area contributed by atoms with Gasteiger partial charge in [0.05, 0.1) is 12.1 Å². The largest absolute Gasteiger partial charge is 0.524 e. The van der Waals surface area contributed by atoms with Gasteiger partial charge < -0.3 is 15.6 Å². The van der Waals surface area contributed by atoms with Gasteiger partial charge in [0, 0.05) is 11.1 Å². The minimum Gasteiger partial charge on any atom is -0.455 e. The van der Waals surface area contributed by atoms with Gasteiger partial charge in [0.15, 0.2) is 5.69 Å². The summed E-state index contributed by atoms with van der Waals surface area (Å²) in [6, 6.07) is 4.84. The van der Waals surface area contributed by atoms with Crippen LogP contribution in [0, 0.1) is 0 Å². The van der Waals surface area contributed by atoms with Gasteiger partial charge in [-0.1, -0.05) is 18.0 Å². The quantitative estimate of drug-likeness (QED) is 0.627. The second-order valence-corrected chi connectivity index (χ2v) is 6.93. The summed E-state index contributed by atoms with van der Waals surface area (Å²) in [5.74, 6) is -0.652. The Bertz CT molecular complexity index is 755. The van der Waals surface area contributed by atoms with Crippen molar-refractivity contribution in [2.75, 3.05) is 6.54 Å². The molecule has 3 N–H and O–H groups in total. The Labute approximate surface area is 151 Å². The van der Waals surface area contributed by atoms with E-state index < -0.39 is 16.5 Å². The first-order valence-electron chi connectivity index (χ1n) is 8.55. The van der Waals surface area contributed by atoms with Crippen LogP contribution in [0.15, 0.2) is 23.9 Å². The van der Waals surface area contributed by atoms with Crippen LogP contribution in [0.3, 0.4) is 0 Å². The lowest BCUT2D eigenvalue weighted by molar-refractivity contribution is -0.147. The molecule has 0 radical (unpaired) electrons. The molecule has 7 heteroatoms. The van der Waals surface area contributed by atoms with Gasteiger partial charge in [0.2, 0.25) is 0 Å². The third-order valence-electron chi connectivity index (χ3n) is 5.12. The van der Waals surface area contributed by atoms with Crippen molar-refractivity contribution < 1.29 is 19.4 Å². The van der Waals surface area contributed by atoms with Crippen LogP contribution in [0.5, 0.6) is 0 Å². The summed E-state index contributed by atoms with van der Waals surface area (Å²) in [6.45, 7) is 1.82. The lowest BCUT2D eigenvalue weighted by atomic mass is 9.98. The number of carbonyl (C=O) groups excluding carboxylic acids is 1. The van der Waals surface area contributed by atoms with Crippen LogP contribution in [0.1, 0.15) is 44.6 Å². The Morgan fingerprint density at radius 3 is 2.60 bits per heavy atom. The molecule has 1 saturated carbocycles. The van der Waals surface area contributed by atoms with Crippen molar-refractivity contribution in [3.8, 4) is 0 Å². The van der Waals surface area contributed by atoms with Gasteiger partial charge in [0.1, 0.15) is 11.8 Å². The van der Waals surface area contributed by atoms with Crippen molar-refractivity contribution >= 4 is 35.0 Å². The molecule has 0 aromatic heterocycles. The molecular weight excluding hydrogens is 344 g/mol. The predicted molar refractivity (Wildman–Crippen MR) is 95.9 cm³/mol. The highest BCUT2D eigenvalue weighted by Crippen LogP contribution is 2.45. The standard InChI is InChI=1S/C18H21ClN2O4/c1-2-21(18(23)24)14-10-11(19)8-9-13(14)15(20)16(21)17(22)25-12-6-4-3-5-7-12/h8-10,12H,2-7H2,1H3,(H2-,20,22,23,24)/p+1. The second-order valence-electron chi connectivity index (χ2n) is 6.50. The highest BCUT2D eigenvalue weighted by molar-refractivity contribution is 6.31. The smallest absolute Gasteiger partial charge is 0.455 e. The number of nitrogens with zero attached hydrogens (tertiary/aromatic N) is 1. The number of benzene rings is 1. The fourth-order valence-electron chi connectivity index (χ4n) is 3.82. The molecule has 2 aliphatic rings. The molecule has 0 bridgehead atoms. The Balaban J connectivity index is 2.05. The van der Waals surface area contributed by atoms with E-state index in [0.717, 1.165) is 32.1 Å². The molecule has 1 aromatic rings. The van der Waals surface area contributed by atoms with Crippen molar-refractivity contribution in [1.82, 2.24) is 4.48 Å². The monoisotopic (exact) mass is 365 g/mol. The van der Waals surface area contributed by atoms with Gasteiger partial charge in [-0.05, 0) is 44.7 Å². The minimum absolute atomic E-state index is 0.0298. The van der Waals surface area contributed by atoms with E-state index in [-0.39, 0.29) is 24.0 Å². The van der Waals surface area contributed by atoms with Crippen LogP contribution in [0.25, 0.3) is 5.70 Å². The molecule has 1 aliphatic heterocycles. The van der Waals surface area contributed by atoms with E-state index in [9.17, 15) is 14.7 Å². The molecule has 1 amide bonds. The number of hydrogen-bond donors (Lipinski definition) is 2. The number of hydrogen-bond acceptors (Lipinski definition) is 4. The number of halogens is 1. The average molecular weight is 366 g/mol. The molecule has 1 fully saturated rings. The molecule has 134 valence electrons. The van der Waals surface area contributed by atoms with Crippen LogP contribution in [0.4, 0.5) is 10.5 Å². The van der Waals surface area contributed by atoms with Crippen LogP contribution in [-0.2, 0) is 9.53 Å². The molecule has 1 aromatic carbocycles. The third-order valence-corrected chi connectivity index (χ3v) is 5.35. The van der Waals surface area contributed by atoms with Crippen LogP contribution < -0.4 is 10.2 Å². The fourth-order valence-corrected chi connectivity index (χ4v) is 3.99.